The molecule has 0 fully saturated rings. The highest BCUT2D eigenvalue weighted by Crippen LogP contribution is 2.46. The number of hydrogen-bond acceptors (Lipinski definition) is 3. The Bertz CT molecular complexity index is 258. The van der Waals surface area contributed by atoms with Gasteiger partial charge >= 0.3 is 0 Å². The maximum absolute atomic E-state index is 11.5. The number of carbonyl (C=O) groups is 1. The third-order valence-electron chi connectivity index (χ3n) is 2.61. The van der Waals surface area contributed by atoms with Crippen molar-refractivity contribution in [2.24, 2.45) is 0 Å². The third kappa shape index (κ3) is 2.13. The maximum atomic E-state index is 11.5. The monoisotopic (exact) mass is 216 g/mol. The SMILES string of the molecule is CSC1(C(C)=O)CC(C)=C(C)CS1. The van der Waals surface area contributed by atoms with E-state index in [1.54, 1.807) is 30.4 Å². The molecule has 1 nitrogen and oxygen atoms in total. The van der Waals surface area contributed by atoms with Gasteiger partial charge in [-0.15, -0.1) is 23.5 Å². The highest BCUT2D eigenvalue weighted by Gasteiger charge is 2.37. The van der Waals surface area contributed by atoms with Crippen LogP contribution in [0, 0.1) is 0 Å². The number of hydrogen-bond donors (Lipinski definition) is 0. The fourth-order valence-electron chi connectivity index (χ4n) is 1.40. The van der Waals surface area contributed by atoms with Crippen molar-refractivity contribution < 1.29 is 4.79 Å². The molecule has 0 amide bonds. The molecule has 74 valence electrons. The number of rotatable bonds is 2. The van der Waals surface area contributed by atoms with E-state index in [0.717, 1.165) is 12.2 Å². The highest BCUT2D eigenvalue weighted by molar-refractivity contribution is 8.19. The zero-order chi connectivity index (χ0) is 10.1. The van der Waals surface area contributed by atoms with Crippen LogP contribution in [0.3, 0.4) is 0 Å². The van der Waals surface area contributed by atoms with Crippen LogP contribution in [0.2, 0.25) is 0 Å². The van der Waals surface area contributed by atoms with E-state index in [2.05, 4.69) is 13.8 Å². The molecule has 1 aliphatic heterocycles. The molecule has 0 saturated carbocycles. The number of Topliss-reactive ketones (excluding diaryl/α,β-unsaturated/α-hetero) is 1. The molecule has 0 saturated heterocycles. The van der Waals surface area contributed by atoms with Gasteiger partial charge in [0.1, 0.15) is 4.08 Å². The number of ketones is 1. The second kappa shape index (κ2) is 4.09. The Morgan fingerprint density at radius 1 is 1.46 bits per heavy atom. The van der Waals surface area contributed by atoms with Crippen LogP contribution >= 0.6 is 23.5 Å². The lowest BCUT2D eigenvalue weighted by atomic mass is 10.0. The van der Waals surface area contributed by atoms with Crippen molar-refractivity contribution in [3.8, 4) is 0 Å². The van der Waals surface area contributed by atoms with Gasteiger partial charge in [-0.25, -0.2) is 0 Å². The summed E-state index contributed by atoms with van der Waals surface area (Å²) in [6, 6.07) is 0. The smallest absolute Gasteiger partial charge is 0.156 e. The van der Waals surface area contributed by atoms with E-state index in [1.807, 2.05) is 6.26 Å². The second-order valence-electron chi connectivity index (χ2n) is 3.54. The van der Waals surface area contributed by atoms with Gasteiger partial charge in [0, 0.05) is 5.75 Å². The topological polar surface area (TPSA) is 17.1 Å². The minimum Gasteiger partial charge on any atom is -0.297 e. The molecule has 0 aliphatic carbocycles. The molecule has 0 aromatic heterocycles. The summed E-state index contributed by atoms with van der Waals surface area (Å²) in [4.78, 5) is 11.5. The lowest BCUT2D eigenvalue weighted by Gasteiger charge is -2.33. The largest absolute Gasteiger partial charge is 0.297 e. The third-order valence-corrected chi connectivity index (χ3v) is 6.03. The van der Waals surface area contributed by atoms with E-state index in [-0.39, 0.29) is 4.08 Å². The summed E-state index contributed by atoms with van der Waals surface area (Å²) in [7, 11) is 0. The molecule has 1 aliphatic rings. The Hall–Kier alpha value is 0.110. The molecule has 3 heteroatoms. The van der Waals surface area contributed by atoms with Crippen molar-refractivity contribution in [3.05, 3.63) is 11.1 Å². The van der Waals surface area contributed by atoms with Gasteiger partial charge in [0.05, 0.1) is 0 Å². The Labute approximate surface area is 88.7 Å². The summed E-state index contributed by atoms with van der Waals surface area (Å²) in [6.45, 7) is 6.01. The normalized spacial score (nSPS) is 29.2. The Morgan fingerprint density at radius 2 is 2.08 bits per heavy atom. The number of carbonyl (C=O) groups excluding carboxylic acids is 1. The lowest BCUT2D eigenvalue weighted by molar-refractivity contribution is -0.117. The standard InChI is InChI=1S/C10H16OS2/c1-7-5-10(12-4,9(3)11)13-6-8(7)2/h5-6H2,1-4H3. The minimum atomic E-state index is -0.191. The summed E-state index contributed by atoms with van der Waals surface area (Å²) < 4.78 is -0.191. The van der Waals surface area contributed by atoms with E-state index >= 15 is 0 Å². The van der Waals surface area contributed by atoms with E-state index in [9.17, 15) is 4.79 Å². The van der Waals surface area contributed by atoms with Gasteiger partial charge in [0.15, 0.2) is 5.78 Å². The van der Waals surface area contributed by atoms with Crippen molar-refractivity contribution in [2.45, 2.75) is 31.3 Å². The molecule has 0 aromatic carbocycles. The molecule has 0 aromatic rings. The zero-order valence-electron chi connectivity index (χ0n) is 8.64. The lowest BCUT2D eigenvalue weighted by Crippen LogP contribution is -2.32. The Balaban J connectivity index is 2.90. The first-order valence-electron chi connectivity index (χ1n) is 4.37. The molecule has 0 bridgehead atoms. The van der Waals surface area contributed by atoms with Gasteiger partial charge in [-0.05, 0) is 33.4 Å². The van der Waals surface area contributed by atoms with Crippen LogP contribution in [-0.2, 0) is 4.79 Å². The Morgan fingerprint density at radius 3 is 2.46 bits per heavy atom. The molecule has 1 atom stereocenters. The molecule has 13 heavy (non-hydrogen) atoms. The Kier molecular flexibility index (Phi) is 3.52. The fourth-order valence-corrected chi connectivity index (χ4v) is 3.91. The van der Waals surface area contributed by atoms with Gasteiger partial charge < -0.3 is 0 Å². The van der Waals surface area contributed by atoms with Gasteiger partial charge in [0.2, 0.25) is 0 Å². The van der Waals surface area contributed by atoms with E-state index in [1.165, 1.54) is 11.1 Å². The van der Waals surface area contributed by atoms with Crippen molar-refractivity contribution in [3.63, 3.8) is 0 Å². The first-order chi connectivity index (χ1) is 6.02. The molecule has 1 rings (SSSR count). The molecule has 0 N–H and O–H groups in total. The molecule has 1 unspecified atom stereocenters. The molecular formula is C10H16OS2. The summed E-state index contributed by atoms with van der Waals surface area (Å²) in [5.74, 6) is 1.31. The molecule has 1 heterocycles. The quantitative estimate of drug-likeness (QED) is 0.660. The average Bonchev–Trinajstić information content (AvgIpc) is 2.09. The van der Waals surface area contributed by atoms with E-state index in [0.29, 0.717) is 5.78 Å². The van der Waals surface area contributed by atoms with Crippen molar-refractivity contribution >= 4 is 29.3 Å². The summed E-state index contributed by atoms with van der Waals surface area (Å²) in [5.41, 5.74) is 2.83. The van der Waals surface area contributed by atoms with Gasteiger partial charge in [0.25, 0.3) is 0 Å². The van der Waals surface area contributed by atoms with Crippen LogP contribution in [0.15, 0.2) is 11.1 Å². The zero-order valence-corrected chi connectivity index (χ0v) is 10.3. The van der Waals surface area contributed by atoms with E-state index < -0.39 is 0 Å². The van der Waals surface area contributed by atoms with E-state index in [4.69, 9.17) is 0 Å². The maximum Gasteiger partial charge on any atom is 0.156 e. The first-order valence-corrected chi connectivity index (χ1v) is 6.58. The minimum absolute atomic E-state index is 0.191. The van der Waals surface area contributed by atoms with Crippen LogP contribution in [-0.4, -0.2) is 21.9 Å². The van der Waals surface area contributed by atoms with Gasteiger partial charge in [-0.3, -0.25) is 4.79 Å². The number of allylic oxidation sites excluding steroid dienone is 1. The van der Waals surface area contributed by atoms with Crippen LogP contribution in [0.1, 0.15) is 27.2 Å². The summed E-state index contributed by atoms with van der Waals surface area (Å²) >= 11 is 3.47. The van der Waals surface area contributed by atoms with Crippen LogP contribution < -0.4 is 0 Å². The summed E-state index contributed by atoms with van der Waals surface area (Å²) in [5, 5.41) is 0. The van der Waals surface area contributed by atoms with Crippen molar-refractivity contribution in [2.75, 3.05) is 12.0 Å². The highest BCUT2D eigenvalue weighted by atomic mass is 32.2. The summed E-state index contributed by atoms with van der Waals surface area (Å²) in [6.07, 6.45) is 2.95. The van der Waals surface area contributed by atoms with Gasteiger partial charge in [-0.1, -0.05) is 11.1 Å². The first kappa shape index (κ1) is 11.2. The molecule has 0 radical (unpaired) electrons. The van der Waals surface area contributed by atoms with Crippen molar-refractivity contribution in [1.82, 2.24) is 0 Å². The fraction of sp³-hybridized carbons (Fsp3) is 0.700. The van der Waals surface area contributed by atoms with Gasteiger partial charge in [-0.2, -0.15) is 0 Å². The predicted molar refractivity (Wildman–Crippen MR) is 62.4 cm³/mol. The average molecular weight is 216 g/mol. The van der Waals surface area contributed by atoms with Crippen LogP contribution in [0.5, 0.6) is 0 Å². The number of thioether (sulfide) groups is 2. The predicted octanol–water partition coefficient (Wildman–Crippen LogP) is 3.11. The van der Waals surface area contributed by atoms with Crippen LogP contribution in [0.25, 0.3) is 0 Å². The van der Waals surface area contributed by atoms with Crippen molar-refractivity contribution in [1.29, 1.82) is 0 Å². The molecule has 0 spiro atoms. The molecular weight excluding hydrogens is 200 g/mol. The second-order valence-corrected chi connectivity index (χ2v) is 6.18. The van der Waals surface area contributed by atoms with Crippen LogP contribution in [0.4, 0.5) is 0 Å².